The van der Waals surface area contributed by atoms with Crippen molar-refractivity contribution < 1.29 is 38.1 Å². The zero-order chi connectivity index (χ0) is 45.8. The predicted octanol–water partition coefficient (Wildman–Crippen LogP) is 9.72. The van der Waals surface area contributed by atoms with Crippen molar-refractivity contribution in [2.45, 2.75) is 164 Å². The molecule has 0 radical (unpaired) electrons. The number of aliphatic carboxylic acids is 1. The number of unbranched alkanes of at least 4 members (excludes halogenated alkanes) is 4. The monoisotopic (exact) mass is 866 g/mol. The lowest BCUT2D eigenvalue weighted by atomic mass is 9.84. The summed E-state index contributed by atoms with van der Waals surface area (Å²) in [5.41, 5.74) is 5.28. The summed E-state index contributed by atoms with van der Waals surface area (Å²) in [5.74, 6) is -2.44. The molecular weight excluding hydrogens is 786 g/mol. The Morgan fingerprint density at radius 1 is 1.03 bits per heavy atom. The number of carboxylic acids is 1. The largest absolute Gasteiger partial charge is 0.481 e. The van der Waals surface area contributed by atoms with Gasteiger partial charge in [0.1, 0.15) is 16.5 Å². The van der Waals surface area contributed by atoms with Crippen LogP contribution in [0.4, 0.5) is 10.1 Å². The lowest BCUT2D eigenvalue weighted by Gasteiger charge is -2.36. The van der Waals surface area contributed by atoms with Crippen molar-refractivity contribution in [3.05, 3.63) is 45.7 Å². The average Bonchev–Trinajstić information content (AvgIpc) is 3.69. The summed E-state index contributed by atoms with van der Waals surface area (Å²) in [6.45, 7) is 20.0. The highest BCUT2D eigenvalue weighted by Crippen LogP contribution is 2.32. The zero-order valence-corrected chi connectivity index (χ0v) is 39.9. The Morgan fingerprint density at radius 3 is 2.15 bits per heavy atom. The maximum atomic E-state index is 13.8. The van der Waals surface area contributed by atoms with Crippen LogP contribution in [0, 0.1) is 17.2 Å². The third-order valence-corrected chi connectivity index (χ3v) is 11.0. The van der Waals surface area contributed by atoms with Crippen molar-refractivity contribution in [2.75, 3.05) is 46.6 Å². The van der Waals surface area contributed by atoms with Crippen LogP contribution in [0.15, 0.2) is 23.6 Å². The fourth-order valence-corrected chi connectivity index (χ4v) is 7.61. The number of anilines is 1. The van der Waals surface area contributed by atoms with Gasteiger partial charge in [0, 0.05) is 58.0 Å². The van der Waals surface area contributed by atoms with Crippen molar-refractivity contribution in [3.8, 4) is 0 Å². The molecule has 14 heteroatoms. The lowest BCUT2D eigenvalue weighted by molar-refractivity contribution is -0.149. The number of piperidine rings is 1. The molecule has 12 nitrogen and oxygen atoms in total. The van der Waals surface area contributed by atoms with Gasteiger partial charge in [-0.1, -0.05) is 79.7 Å². The molecule has 0 spiro atoms. The third-order valence-electron chi connectivity index (χ3n) is 10.1. The number of aromatic nitrogens is 1. The van der Waals surface area contributed by atoms with E-state index in [0.717, 1.165) is 38.5 Å². The minimum absolute atomic E-state index is 0.0398. The summed E-state index contributed by atoms with van der Waals surface area (Å²) in [4.78, 5) is 60.1. The van der Waals surface area contributed by atoms with Gasteiger partial charge in [0.25, 0.3) is 5.91 Å². The van der Waals surface area contributed by atoms with Gasteiger partial charge in [-0.3, -0.25) is 19.2 Å². The molecule has 3 rings (SSSR count). The molecule has 1 aliphatic heterocycles. The first-order chi connectivity index (χ1) is 28.4. The second-order valence-corrected chi connectivity index (χ2v) is 17.3. The molecule has 0 bridgehead atoms. The highest BCUT2D eigenvalue weighted by atomic mass is 32.1. The quantitative estimate of drug-likeness (QED) is 0.0625. The summed E-state index contributed by atoms with van der Waals surface area (Å²) in [6, 6.07) is 3.41. The van der Waals surface area contributed by atoms with Crippen LogP contribution < -0.4 is 11.1 Å². The summed E-state index contributed by atoms with van der Waals surface area (Å²) in [5, 5.41) is 14.7. The normalized spacial score (nSPS) is 14.2. The molecule has 1 aromatic heterocycles. The maximum absolute atomic E-state index is 13.8. The number of nitrogens with two attached hydrogens (primary N) is 1. The van der Waals surface area contributed by atoms with Gasteiger partial charge in [0.2, 0.25) is 5.91 Å². The molecule has 1 aromatic carbocycles. The number of carbonyl (C=O) groups is 4. The van der Waals surface area contributed by atoms with Crippen LogP contribution >= 0.6 is 11.3 Å². The fourth-order valence-electron chi connectivity index (χ4n) is 6.77. The van der Waals surface area contributed by atoms with Crippen LogP contribution in [-0.2, 0) is 30.3 Å². The van der Waals surface area contributed by atoms with Crippen molar-refractivity contribution in [1.82, 2.24) is 20.1 Å². The van der Waals surface area contributed by atoms with Crippen molar-refractivity contribution in [1.29, 1.82) is 0 Å². The molecule has 2 heterocycles. The van der Waals surface area contributed by atoms with E-state index in [0.29, 0.717) is 30.0 Å². The number of rotatable bonds is 21. The van der Waals surface area contributed by atoms with Gasteiger partial charge in [0.15, 0.2) is 6.10 Å². The molecule has 0 aliphatic carbocycles. The molecular formula is C46H80FN5O7S. The molecule has 3 unspecified atom stereocenters. The Kier molecular flexibility index (Phi) is 29.4. The van der Waals surface area contributed by atoms with Gasteiger partial charge < -0.3 is 35.4 Å². The SMILES string of the molecule is CC.CCCCCCN(C(=O)CCCC)C(CC(OC(C)=O)c1nc(C(=O)NC(Cc2ccc(F)c(N)c2)CC(C)(C)C(=O)O)cs1)C(C)C.CN1CCCCC1.COC. The van der Waals surface area contributed by atoms with Crippen LogP contribution in [0.3, 0.4) is 0 Å². The molecule has 0 saturated carbocycles. The number of ether oxygens (including phenoxy) is 2. The summed E-state index contributed by atoms with van der Waals surface area (Å²) in [7, 11) is 5.44. The van der Waals surface area contributed by atoms with Gasteiger partial charge in [-0.25, -0.2) is 9.37 Å². The van der Waals surface area contributed by atoms with Crippen LogP contribution in [0.1, 0.15) is 167 Å². The maximum Gasteiger partial charge on any atom is 0.309 e. The van der Waals surface area contributed by atoms with Gasteiger partial charge in [-0.2, -0.15) is 0 Å². The Hall–Kier alpha value is -3.62. The second-order valence-electron chi connectivity index (χ2n) is 16.4. The number of carbonyl (C=O) groups excluding carboxylic acids is 3. The number of esters is 1. The highest BCUT2D eigenvalue weighted by molar-refractivity contribution is 7.09. The number of nitrogens with zero attached hydrogens (tertiary/aromatic N) is 3. The summed E-state index contributed by atoms with van der Waals surface area (Å²) < 4.78 is 23.8. The summed E-state index contributed by atoms with van der Waals surface area (Å²) in [6.07, 6.45) is 10.4. The van der Waals surface area contributed by atoms with Gasteiger partial charge in [0.05, 0.1) is 11.1 Å². The summed E-state index contributed by atoms with van der Waals surface area (Å²) >= 11 is 1.19. The van der Waals surface area contributed by atoms with E-state index < -0.39 is 41.2 Å². The number of benzene rings is 1. The first-order valence-electron chi connectivity index (χ1n) is 22.0. The molecule has 1 aliphatic rings. The van der Waals surface area contributed by atoms with Crippen molar-refractivity contribution in [2.24, 2.45) is 11.3 Å². The third kappa shape index (κ3) is 22.3. The van der Waals surface area contributed by atoms with E-state index in [1.807, 2.05) is 18.7 Å². The topological polar surface area (TPSA) is 164 Å². The minimum Gasteiger partial charge on any atom is -0.481 e. The molecule has 2 amide bonds. The van der Waals surface area contributed by atoms with Crippen LogP contribution in [0.5, 0.6) is 0 Å². The van der Waals surface area contributed by atoms with E-state index in [9.17, 15) is 28.7 Å². The number of methoxy groups -OCH3 is 1. The standard InChI is InChI=1S/C36H55FN4O6S.C6H13N.C2H6O.C2H6/c1-8-10-12-13-17-41(32(43)14-11-9-2)30(23(3)4)20-31(47-24(5)42)34-40-29(22-48-34)33(44)39-26(21-36(6,7)35(45)46)18-25-15-16-27(37)28(38)19-25;1-7-5-3-2-4-6-7;1-3-2;1-2/h15-16,19,22-23,26,30-31H,8-14,17-18,20-21,38H2,1-7H3,(H,39,44)(H,45,46);2-6H2,1H3;1-2H3;1-2H3. The number of likely N-dealkylation sites (tertiary alicyclic amines) is 1. The first kappa shape index (κ1) is 56.4. The number of halogens is 1. The molecule has 1 fully saturated rings. The smallest absolute Gasteiger partial charge is 0.309 e. The molecule has 60 heavy (non-hydrogen) atoms. The van der Waals surface area contributed by atoms with Gasteiger partial charge in [-0.15, -0.1) is 11.3 Å². The van der Waals surface area contributed by atoms with E-state index in [4.69, 9.17) is 10.5 Å². The van der Waals surface area contributed by atoms with Crippen molar-refractivity contribution >= 4 is 40.8 Å². The van der Waals surface area contributed by atoms with Crippen LogP contribution in [0.2, 0.25) is 0 Å². The highest BCUT2D eigenvalue weighted by Gasteiger charge is 2.34. The average molecular weight is 866 g/mol. The Balaban J connectivity index is 0.00000252. The van der Waals surface area contributed by atoms with E-state index in [2.05, 4.69) is 54.7 Å². The number of carboxylic acid groups (broad SMARTS) is 1. The van der Waals surface area contributed by atoms with E-state index in [1.54, 1.807) is 39.5 Å². The number of thiazole rings is 1. The number of hydrogen-bond donors (Lipinski definition) is 3. The number of amides is 2. The Morgan fingerprint density at radius 2 is 1.65 bits per heavy atom. The molecule has 1 saturated heterocycles. The minimum atomic E-state index is -1.17. The number of hydrogen-bond acceptors (Lipinski definition) is 10. The Bertz CT molecular complexity index is 1520. The second kappa shape index (κ2) is 31.3. The van der Waals surface area contributed by atoms with E-state index in [-0.39, 0.29) is 42.1 Å². The van der Waals surface area contributed by atoms with E-state index in [1.165, 1.54) is 62.7 Å². The Labute approximate surface area is 365 Å². The number of nitrogen functional groups attached to an aromatic ring is 1. The fraction of sp³-hybridized carbons (Fsp3) is 0.717. The molecule has 2 aromatic rings. The van der Waals surface area contributed by atoms with Gasteiger partial charge in [-0.05, 0) is 96.1 Å². The van der Waals surface area contributed by atoms with Crippen LogP contribution in [0.25, 0.3) is 0 Å². The zero-order valence-electron chi connectivity index (χ0n) is 39.0. The van der Waals surface area contributed by atoms with E-state index >= 15 is 0 Å². The number of nitrogens with one attached hydrogen (secondary N) is 1. The predicted molar refractivity (Wildman–Crippen MR) is 243 cm³/mol. The molecule has 3 atom stereocenters. The molecule has 4 N–H and O–H groups in total. The van der Waals surface area contributed by atoms with Crippen molar-refractivity contribution in [3.63, 3.8) is 0 Å². The first-order valence-corrected chi connectivity index (χ1v) is 22.9. The van der Waals surface area contributed by atoms with Crippen LogP contribution in [-0.4, -0.2) is 96.6 Å². The van der Waals surface area contributed by atoms with Gasteiger partial charge >= 0.3 is 11.9 Å². The molecule has 344 valence electrons. The lowest BCUT2D eigenvalue weighted by Crippen LogP contribution is -2.45.